The molecule has 6 heteroatoms. The first-order chi connectivity index (χ1) is 14.9. The molecular weight excluding hydrogens is 429 g/mol. The summed E-state index contributed by atoms with van der Waals surface area (Å²) in [4.78, 5) is 17.5. The zero-order chi connectivity index (χ0) is 22.2. The molecule has 0 radical (unpaired) electrons. The molecule has 0 aromatic heterocycles. The number of halogens is 2. The average molecular weight is 450 g/mol. The smallest absolute Gasteiger partial charge is 0.286 e. The number of nitrogens with zero attached hydrogens (tertiary/aromatic N) is 3. The number of anilines is 2. The zero-order valence-electron chi connectivity index (χ0n) is 17.2. The van der Waals surface area contributed by atoms with E-state index in [9.17, 15) is 10.1 Å². The van der Waals surface area contributed by atoms with E-state index >= 15 is 0 Å². The fourth-order valence-electron chi connectivity index (χ4n) is 4.33. The van der Waals surface area contributed by atoms with E-state index in [0.29, 0.717) is 22.0 Å². The van der Waals surface area contributed by atoms with Crippen LogP contribution in [-0.2, 0) is 0 Å². The molecule has 3 aromatic carbocycles. The maximum absolute atomic E-state index is 13.9. The largest absolute Gasteiger partial charge is 0.330 e. The summed E-state index contributed by atoms with van der Waals surface area (Å²) in [7, 11) is 0. The Morgan fingerprint density at radius 2 is 1.55 bits per heavy atom. The Balaban J connectivity index is 1.94. The summed E-state index contributed by atoms with van der Waals surface area (Å²) in [6.07, 6.45) is 0.701. The van der Waals surface area contributed by atoms with Crippen molar-refractivity contribution in [1.29, 1.82) is 5.26 Å². The second kappa shape index (κ2) is 8.26. The van der Waals surface area contributed by atoms with E-state index in [-0.39, 0.29) is 12.1 Å². The molecule has 4 rings (SSSR count). The van der Waals surface area contributed by atoms with Gasteiger partial charge >= 0.3 is 6.03 Å². The second-order valence-electron chi connectivity index (χ2n) is 7.79. The van der Waals surface area contributed by atoms with Gasteiger partial charge in [0.1, 0.15) is 0 Å². The van der Waals surface area contributed by atoms with Crippen molar-refractivity contribution in [2.45, 2.75) is 31.8 Å². The summed E-state index contributed by atoms with van der Waals surface area (Å²) in [6.45, 7) is 4.15. The molecule has 1 heterocycles. The third kappa shape index (κ3) is 3.65. The molecule has 1 aliphatic heterocycles. The van der Waals surface area contributed by atoms with Gasteiger partial charge in [0.25, 0.3) is 0 Å². The van der Waals surface area contributed by atoms with Gasteiger partial charge in [0.15, 0.2) is 0 Å². The van der Waals surface area contributed by atoms with Crippen LogP contribution < -0.4 is 9.80 Å². The van der Waals surface area contributed by atoms with Crippen molar-refractivity contribution in [3.8, 4) is 6.07 Å². The summed E-state index contributed by atoms with van der Waals surface area (Å²) in [5.74, 6) is 0. The standard InChI is InChI=1S/C25H21Cl2N3O/c1-3-25(2)23(18-6-4-5-17(15-18)16-28)29(21-11-7-19(26)8-12-21)24(31)30(25)22-13-9-20(27)10-14-22/h4-15,23H,3H2,1-2H3. The number of rotatable bonds is 4. The van der Waals surface area contributed by atoms with Gasteiger partial charge in [-0.05, 0) is 79.6 Å². The molecule has 3 aromatic rings. The number of hydrogen-bond donors (Lipinski definition) is 0. The van der Waals surface area contributed by atoms with Crippen LogP contribution in [0, 0.1) is 11.3 Å². The van der Waals surface area contributed by atoms with Crippen LogP contribution in [0.4, 0.5) is 16.2 Å². The van der Waals surface area contributed by atoms with Crippen molar-refractivity contribution < 1.29 is 4.79 Å². The molecule has 2 unspecified atom stereocenters. The predicted octanol–water partition coefficient (Wildman–Crippen LogP) is 7.22. The Labute approximate surface area is 192 Å². The topological polar surface area (TPSA) is 47.3 Å². The number of nitriles is 1. The minimum Gasteiger partial charge on any atom is -0.286 e. The Morgan fingerprint density at radius 1 is 0.968 bits per heavy atom. The SMILES string of the molecule is CCC1(C)C(c2cccc(C#N)c2)N(c2ccc(Cl)cc2)C(=O)N1c1ccc(Cl)cc1. The van der Waals surface area contributed by atoms with E-state index in [0.717, 1.165) is 16.9 Å². The van der Waals surface area contributed by atoms with Crippen molar-refractivity contribution in [2.75, 3.05) is 9.80 Å². The molecule has 1 saturated heterocycles. The normalized spacial score (nSPS) is 20.7. The third-order valence-corrected chi connectivity index (χ3v) is 6.50. The zero-order valence-corrected chi connectivity index (χ0v) is 18.7. The molecule has 4 nitrogen and oxygen atoms in total. The lowest BCUT2D eigenvalue weighted by Crippen LogP contribution is -2.45. The number of hydrogen-bond acceptors (Lipinski definition) is 2. The minimum atomic E-state index is -0.571. The molecule has 1 fully saturated rings. The van der Waals surface area contributed by atoms with Gasteiger partial charge in [0.05, 0.1) is 23.2 Å². The first-order valence-electron chi connectivity index (χ1n) is 10.0. The van der Waals surface area contributed by atoms with Crippen molar-refractivity contribution >= 4 is 40.6 Å². The Hall–Kier alpha value is -3.00. The summed E-state index contributed by atoms with van der Waals surface area (Å²) in [5.41, 5.74) is 2.42. The van der Waals surface area contributed by atoms with E-state index in [1.54, 1.807) is 35.2 Å². The van der Waals surface area contributed by atoms with Crippen LogP contribution in [0.15, 0.2) is 72.8 Å². The van der Waals surface area contributed by atoms with E-state index in [4.69, 9.17) is 23.2 Å². The summed E-state index contributed by atoms with van der Waals surface area (Å²) in [6, 6.07) is 23.8. The first-order valence-corrected chi connectivity index (χ1v) is 10.8. The van der Waals surface area contributed by atoms with Crippen LogP contribution in [0.1, 0.15) is 37.4 Å². The van der Waals surface area contributed by atoms with Gasteiger partial charge in [0.2, 0.25) is 0 Å². The van der Waals surface area contributed by atoms with Gasteiger partial charge in [-0.2, -0.15) is 5.26 Å². The highest BCUT2D eigenvalue weighted by atomic mass is 35.5. The number of amides is 2. The molecule has 2 atom stereocenters. The molecule has 156 valence electrons. The van der Waals surface area contributed by atoms with Gasteiger partial charge in [-0.1, -0.05) is 42.3 Å². The van der Waals surface area contributed by atoms with Crippen LogP contribution in [0.5, 0.6) is 0 Å². The predicted molar refractivity (Wildman–Crippen MR) is 126 cm³/mol. The van der Waals surface area contributed by atoms with Gasteiger partial charge in [-0.25, -0.2) is 4.79 Å². The maximum atomic E-state index is 13.9. The highest BCUT2D eigenvalue weighted by Gasteiger charge is 2.55. The van der Waals surface area contributed by atoms with Crippen LogP contribution in [-0.4, -0.2) is 11.6 Å². The third-order valence-electron chi connectivity index (χ3n) is 5.99. The number of carbonyl (C=O) groups is 1. The minimum absolute atomic E-state index is 0.138. The van der Waals surface area contributed by atoms with Crippen LogP contribution in [0.25, 0.3) is 0 Å². The molecule has 0 saturated carbocycles. The highest BCUT2D eigenvalue weighted by Crippen LogP contribution is 2.49. The molecule has 31 heavy (non-hydrogen) atoms. The lowest BCUT2D eigenvalue weighted by Gasteiger charge is -2.38. The Kier molecular flexibility index (Phi) is 5.66. The molecular formula is C25H21Cl2N3O. The van der Waals surface area contributed by atoms with E-state index in [1.165, 1.54) is 0 Å². The fourth-order valence-corrected chi connectivity index (χ4v) is 4.58. The Morgan fingerprint density at radius 3 is 2.10 bits per heavy atom. The van der Waals surface area contributed by atoms with Crippen molar-refractivity contribution in [2.24, 2.45) is 0 Å². The monoisotopic (exact) mass is 449 g/mol. The molecule has 0 N–H and O–H groups in total. The van der Waals surface area contributed by atoms with E-state index < -0.39 is 5.54 Å². The number of benzene rings is 3. The number of carbonyl (C=O) groups excluding carboxylic acids is 1. The van der Waals surface area contributed by atoms with Crippen molar-refractivity contribution in [3.05, 3.63) is 94.0 Å². The molecule has 0 aliphatic carbocycles. The van der Waals surface area contributed by atoms with Crippen LogP contribution in [0.3, 0.4) is 0 Å². The molecule has 2 amide bonds. The summed E-state index contributed by atoms with van der Waals surface area (Å²) in [5, 5.41) is 10.7. The summed E-state index contributed by atoms with van der Waals surface area (Å²) < 4.78 is 0. The molecule has 0 spiro atoms. The molecule has 0 bridgehead atoms. The average Bonchev–Trinajstić information content (AvgIpc) is 3.02. The van der Waals surface area contributed by atoms with Gasteiger partial charge in [0, 0.05) is 21.4 Å². The Bertz CT molecular complexity index is 1150. The lowest BCUT2D eigenvalue weighted by molar-refractivity contribution is 0.254. The van der Waals surface area contributed by atoms with E-state index in [1.807, 2.05) is 47.4 Å². The second-order valence-corrected chi connectivity index (χ2v) is 8.66. The van der Waals surface area contributed by atoms with Gasteiger partial charge < -0.3 is 0 Å². The van der Waals surface area contributed by atoms with Crippen molar-refractivity contribution in [1.82, 2.24) is 0 Å². The fraction of sp³-hybridized carbons (Fsp3) is 0.200. The number of urea groups is 1. The van der Waals surface area contributed by atoms with Gasteiger partial charge in [-0.15, -0.1) is 0 Å². The van der Waals surface area contributed by atoms with Crippen LogP contribution in [0.2, 0.25) is 10.0 Å². The highest BCUT2D eigenvalue weighted by molar-refractivity contribution is 6.31. The van der Waals surface area contributed by atoms with E-state index in [2.05, 4.69) is 19.9 Å². The lowest BCUT2D eigenvalue weighted by atomic mass is 9.83. The van der Waals surface area contributed by atoms with Crippen LogP contribution >= 0.6 is 23.2 Å². The van der Waals surface area contributed by atoms with Crippen molar-refractivity contribution in [3.63, 3.8) is 0 Å². The maximum Gasteiger partial charge on any atom is 0.330 e. The summed E-state index contributed by atoms with van der Waals surface area (Å²) >= 11 is 12.2. The molecule has 1 aliphatic rings. The quantitative estimate of drug-likeness (QED) is 0.421. The first kappa shape index (κ1) is 21.2. The van der Waals surface area contributed by atoms with Gasteiger partial charge in [-0.3, -0.25) is 9.80 Å².